The highest BCUT2D eigenvalue weighted by Crippen LogP contribution is 2.26. The fraction of sp³-hybridized carbons (Fsp3) is 0.208. The maximum Gasteiger partial charge on any atom is 0.289 e. The molecule has 0 atom stereocenters. The van der Waals surface area contributed by atoms with Crippen LogP contribution >= 0.6 is 22.9 Å². The minimum absolute atomic E-state index is 0.0919. The van der Waals surface area contributed by atoms with E-state index < -0.39 is 0 Å². The molecule has 1 aliphatic heterocycles. The molecule has 1 aliphatic rings. The Kier molecular flexibility index (Phi) is 5.78. The molecule has 1 fully saturated rings. The number of halogens is 1. The average Bonchev–Trinajstić information content (AvgIpc) is 3.28. The van der Waals surface area contributed by atoms with Gasteiger partial charge in [0.2, 0.25) is 0 Å². The standard InChI is InChI=1S/C24H20ClN3O3S/c25-17-7-5-16(6-8-17)23-26-18(15-32-23)14-27-9-11-28(12-10-27)24(30)22-13-20(29)19-3-1-2-4-21(19)31-22/h1-8,13,15H,9-12,14H2. The largest absolute Gasteiger partial charge is 0.451 e. The third-order valence-corrected chi connectivity index (χ3v) is 6.73. The van der Waals surface area contributed by atoms with Crippen LogP contribution in [0, 0.1) is 0 Å². The summed E-state index contributed by atoms with van der Waals surface area (Å²) in [4.78, 5) is 34.0. The van der Waals surface area contributed by atoms with Gasteiger partial charge < -0.3 is 9.32 Å². The van der Waals surface area contributed by atoms with E-state index in [9.17, 15) is 9.59 Å². The monoisotopic (exact) mass is 465 g/mol. The van der Waals surface area contributed by atoms with Crippen molar-refractivity contribution in [3.05, 3.63) is 86.7 Å². The third-order valence-electron chi connectivity index (χ3n) is 5.53. The van der Waals surface area contributed by atoms with E-state index in [0.29, 0.717) is 29.1 Å². The summed E-state index contributed by atoms with van der Waals surface area (Å²) in [5.74, 6) is -0.152. The first-order chi connectivity index (χ1) is 15.6. The summed E-state index contributed by atoms with van der Waals surface area (Å²) >= 11 is 7.58. The van der Waals surface area contributed by atoms with Gasteiger partial charge in [-0.05, 0) is 24.3 Å². The summed E-state index contributed by atoms with van der Waals surface area (Å²) in [5.41, 5.74) is 2.30. The van der Waals surface area contributed by atoms with Crippen LogP contribution in [0.4, 0.5) is 0 Å². The summed E-state index contributed by atoms with van der Waals surface area (Å²) in [5, 5.41) is 4.23. The molecule has 0 aliphatic carbocycles. The van der Waals surface area contributed by atoms with Gasteiger partial charge in [0.25, 0.3) is 5.91 Å². The second-order valence-corrected chi connectivity index (χ2v) is 8.98. The molecule has 0 radical (unpaired) electrons. The van der Waals surface area contributed by atoms with E-state index in [1.165, 1.54) is 6.07 Å². The number of carbonyl (C=O) groups is 1. The number of hydrogen-bond acceptors (Lipinski definition) is 6. The lowest BCUT2D eigenvalue weighted by molar-refractivity contribution is 0.0597. The van der Waals surface area contributed by atoms with E-state index >= 15 is 0 Å². The highest BCUT2D eigenvalue weighted by Gasteiger charge is 2.25. The van der Waals surface area contributed by atoms with Crippen LogP contribution in [0.25, 0.3) is 21.5 Å². The Bertz CT molecular complexity index is 1320. The van der Waals surface area contributed by atoms with Gasteiger partial charge >= 0.3 is 0 Å². The quantitative estimate of drug-likeness (QED) is 0.443. The Balaban J connectivity index is 1.21. The smallest absolute Gasteiger partial charge is 0.289 e. The summed E-state index contributed by atoms with van der Waals surface area (Å²) in [7, 11) is 0. The molecule has 3 heterocycles. The normalized spacial score (nSPS) is 14.7. The highest BCUT2D eigenvalue weighted by molar-refractivity contribution is 7.13. The molecular weight excluding hydrogens is 446 g/mol. The predicted molar refractivity (Wildman–Crippen MR) is 126 cm³/mol. The zero-order valence-corrected chi connectivity index (χ0v) is 18.7. The number of fused-ring (bicyclic) bond motifs is 1. The fourth-order valence-electron chi connectivity index (χ4n) is 3.81. The Morgan fingerprint density at radius 2 is 1.81 bits per heavy atom. The van der Waals surface area contributed by atoms with Gasteiger partial charge in [0.1, 0.15) is 10.6 Å². The highest BCUT2D eigenvalue weighted by atomic mass is 35.5. The fourth-order valence-corrected chi connectivity index (χ4v) is 4.75. The average molecular weight is 466 g/mol. The third kappa shape index (κ3) is 4.32. The molecule has 0 spiro atoms. The van der Waals surface area contributed by atoms with E-state index in [1.807, 2.05) is 24.3 Å². The molecule has 0 unspecified atom stereocenters. The van der Waals surface area contributed by atoms with Crippen LogP contribution in [-0.2, 0) is 6.54 Å². The van der Waals surface area contributed by atoms with Gasteiger partial charge in [0, 0.05) is 54.8 Å². The van der Waals surface area contributed by atoms with E-state index in [4.69, 9.17) is 21.0 Å². The molecule has 162 valence electrons. The number of amides is 1. The number of piperazine rings is 1. The van der Waals surface area contributed by atoms with E-state index in [0.717, 1.165) is 35.9 Å². The Labute approximate surface area is 193 Å². The van der Waals surface area contributed by atoms with Crippen molar-refractivity contribution in [1.29, 1.82) is 0 Å². The lowest BCUT2D eigenvalue weighted by Crippen LogP contribution is -2.48. The van der Waals surface area contributed by atoms with Crippen molar-refractivity contribution in [2.75, 3.05) is 26.2 Å². The van der Waals surface area contributed by atoms with Gasteiger partial charge in [-0.1, -0.05) is 35.9 Å². The van der Waals surface area contributed by atoms with Crippen molar-refractivity contribution in [3.63, 3.8) is 0 Å². The van der Waals surface area contributed by atoms with Gasteiger partial charge in [-0.25, -0.2) is 4.98 Å². The van der Waals surface area contributed by atoms with Gasteiger partial charge in [0.05, 0.1) is 11.1 Å². The van der Waals surface area contributed by atoms with Gasteiger partial charge in [0.15, 0.2) is 11.2 Å². The first-order valence-electron chi connectivity index (χ1n) is 10.3. The maximum atomic E-state index is 12.9. The number of nitrogens with zero attached hydrogens (tertiary/aromatic N) is 3. The molecule has 2 aromatic heterocycles. The van der Waals surface area contributed by atoms with Crippen molar-refractivity contribution >= 4 is 39.8 Å². The lowest BCUT2D eigenvalue weighted by Gasteiger charge is -2.34. The zero-order valence-electron chi connectivity index (χ0n) is 17.2. The topological polar surface area (TPSA) is 66.7 Å². The van der Waals surface area contributed by atoms with Crippen LogP contribution < -0.4 is 5.43 Å². The number of para-hydroxylation sites is 1. The maximum absolute atomic E-state index is 12.9. The summed E-state index contributed by atoms with van der Waals surface area (Å²) in [6, 6.07) is 15.9. The van der Waals surface area contributed by atoms with Crippen LogP contribution in [0.5, 0.6) is 0 Å². The molecule has 8 heteroatoms. The second-order valence-electron chi connectivity index (χ2n) is 7.69. The number of aromatic nitrogens is 1. The summed E-state index contributed by atoms with van der Waals surface area (Å²) < 4.78 is 5.71. The first kappa shape index (κ1) is 20.9. The van der Waals surface area contributed by atoms with Crippen LogP contribution in [0.1, 0.15) is 16.2 Å². The number of thiazole rings is 1. The molecule has 0 N–H and O–H groups in total. The molecule has 0 saturated carbocycles. The Morgan fingerprint density at radius 1 is 1.06 bits per heavy atom. The van der Waals surface area contributed by atoms with Crippen LogP contribution in [0.3, 0.4) is 0 Å². The number of carbonyl (C=O) groups excluding carboxylic acids is 1. The number of benzene rings is 2. The van der Waals surface area contributed by atoms with E-state index in [2.05, 4.69) is 10.3 Å². The predicted octanol–water partition coefficient (Wildman–Crippen LogP) is 4.53. The van der Waals surface area contributed by atoms with Crippen LogP contribution in [0.15, 0.2) is 69.2 Å². The van der Waals surface area contributed by atoms with Crippen LogP contribution in [0.2, 0.25) is 5.02 Å². The molecule has 5 rings (SSSR count). The van der Waals surface area contributed by atoms with Gasteiger partial charge in [-0.3, -0.25) is 14.5 Å². The molecule has 4 aromatic rings. The summed E-state index contributed by atoms with van der Waals surface area (Å²) in [6.07, 6.45) is 0. The minimum atomic E-state index is -0.244. The van der Waals surface area contributed by atoms with Crippen molar-refractivity contribution < 1.29 is 9.21 Å². The molecular formula is C24H20ClN3O3S. The van der Waals surface area contributed by atoms with Crippen molar-refractivity contribution in [2.45, 2.75) is 6.54 Å². The minimum Gasteiger partial charge on any atom is -0.451 e. The van der Waals surface area contributed by atoms with Crippen LogP contribution in [-0.4, -0.2) is 46.9 Å². The Morgan fingerprint density at radius 3 is 2.59 bits per heavy atom. The van der Waals surface area contributed by atoms with E-state index in [-0.39, 0.29) is 17.1 Å². The molecule has 0 bridgehead atoms. The molecule has 1 saturated heterocycles. The van der Waals surface area contributed by atoms with Crippen molar-refractivity contribution in [2.24, 2.45) is 0 Å². The molecule has 6 nitrogen and oxygen atoms in total. The first-order valence-corrected chi connectivity index (χ1v) is 11.6. The number of hydrogen-bond donors (Lipinski definition) is 0. The molecule has 1 amide bonds. The molecule has 32 heavy (non-hydrogen) atoms. The number of rotatable bonds is 4. The van der Waals surface area contributed by atoms with Crippen molar-refractivity contribution in [1.82, 2.24) is 14.8 Å². The van der Waals surface area contributed by atoms with Gasteiger partial charge in [-0.15, -0.1) is 11.3 Å². The van der Waals surface area contributed by atoms with Crippen molar-refractivity contribution in [3.8, 4) is 10.6 Å². The van der Waals surface area contributed by atoms with E-state index in [1.54, 1.807) is 40.5 Å². The zero-order chi connectivity index (χ0) is 22.1. The lowest BCUT2D eigenvalue weighted by atomic mass is 10.2. The summed E-state index contributed by atoms with van der Waals surface area (Å²) in [6.45, 7) is 3.35. The van der Waals surface area contributed by atoms with Gasteiger partial charge in [-0.2, -0.15) is 0 Å². The molecule has 2 aromatic carbocycles. The SMILES string of the molecule is O=C(c1cc(=O)c2ccccc2o1)N1CCN(Cc2csc(-c3ccc(Cl)cc3)n2)CC1. The second kappa shape index (κ2) is 8.86. The Hall–Kier alpha value is -3.00.